The summed E-state index contributed by atoms with van der Waals surface area (Å²) >= 11 is 0. The molecule has 1 heterocycles. The van der Waals surface area contributed by atoms with Crippen LogP contribution in [0.3, 0.4) is 0 Å². The van der Waals surface area contributed by atoms with E-state index in [0.717, 1.165) is 38.8 Å². The van der Waals surface area contributed by atoms with Crippen LogP contribution in [-0.4, -0.2) is 78.1 Å². The third-order valence-corrected chi connectivity index (χ3v) is 7.73. The van der Waals surface area contributed by atoms with E-state index >= 15 is 0 Å². The normalized spacial score (nSPS) is 37.1. The summed E-state index contributed by atoms with van der Waals surface area (Å²) in [6.45, 7) is 7.27. The predicted octanol–water partition coefficient (Wildman–Crippen LogP) is 1.97. The van der Waals surface area contributed by atoms with E-state index in [1.54, 1.807) is 0 Å². The Morgan fingerprint density at radius 1 is 0.871 bits per heavy atom. The van der Waals surface area contributed by atoms with Crippen LogP contribution >= 0.6 is 0 Å². The van der Waals surface area contributed by atoms with Gasteiger partial charge in [0.15, 0.2) is 0 Å². The van der Waals surface area contributed by atoms with E-state index in [0.29, 0.717) is 49.3 Å². The Morgan fingerprint density at radius 2 is 1.35 bits per heavy atom. The number of carbonyl (C=O) groups excluding carboxylic acids is 1. The highest BCUT2D eigenvalue weighted by Crippen LogP contribution is 2.27. The molecule has 0 bridgehead atoms. The van der Waals surface area contributed by atoms with Gasteiger partial charge in [-0.15, -0.1) is 0 Å². The minimum atomic E-state index is -0.224. The monoisotopic (exact) mass is 432 g/mol. The van der Waals surface area contributed by atoms with E-state index < -0.39 is 0 Å². The summed E-state index contributed by atoms with van der Waals surface area (Å²) in [5.41, 5.74) is 5.65. The summed E-state index contributed by atoms with van der Waals surface area (Å²) in [6.07, 6.45) is 11.7. The van der Waals surface area contributed by atoms with Gasteiger partial charge in [-0.3, -0.25) is 14.6 Å². The molecule has 3 rings (SSSR count). The molecule has 1 saturated heterocycles. The van der Waals surface area contributed by atoms with Gasteiger partial charge in [-0.05, 0) is 52.4 Å². The SMILES string of the molecule is C[C@@H]1CCN(CC(N)=O)C2CCCCC2N[C@@H](C)CCN(CC#N)C2CCCCC2N1. The van der Waals surface area contributed by atoms with Crippen LogP contribution in [-0.2, 0) is 4.79 Å². The topological polar surface area (TPSA) is 97.4 Å². The number of nitrogens with two attached hydrogens (primary N) is 1. The van der Waals surface area contributed by atoms with Crippen molar-refractivity contribution < 1.29 is 4.79 Å². The van der Waals surface area contributed by atoms with Crippen LogP contribution in [0.1, 0.15) is 78.1 Å². The number of primary amides is 1. The van der Waals surface area contributed by atoms with Gasteiger partial charge in [0, 0.05) is 49.3 Å². The summed E-state index contributed by atoms with van der Waals surface area (Å²) < 4.78 is 0. The van der Waals surface area contributed by atoms with Crippen molar-refractivity contribution >= 4 is 5.91 Å². The van der Waals surface area contributed by atoms with Gasteiger partial charge >= 0.3 is 0 Å². The van der Waals surface area contributed by atoms with E-state index in [-0.39, 0.29) is 5.91 Å². The number of hydrogen-bond donors (Lipinski definition) is 3. The fourth-order valence-corrected chi connectivity index (χ4v) is 6.12. The second kappa shape index (κ2) is 12.2. The quantitative estimate of drug-likeness (QED) is 0.590. The number of nitrogens with zero attached hydrogens (tertiary/aromatic N) is 3. The first kappa shape index (κ1) is 24.4. The lowest BCUT2D eigenvalue weighted by Gasteiger charge is -2.44. The molecule has 176 valence electrons. The van der Waals surface area contributed by atoms with Gasteiger partial charge < -0.3 is 16.4 Å². The van der Waals surface area contributed by atoms with Crippen LogP contribution < -0.4 is 16.4 Å². The van der Waals surface area contributed by atoms with Crippen molar-refractivity contribution in [3.05, 3.63) is 0 Å². The largest absolute Gasteiger partial charge is 0.369 e. The summed E-state index contributed by atoms with van der Waals surface area (Å²) in [6, 6.07) is 4.85. The second-order valence-corrected chi connectivity index (χ2v) is 10.2. The smallest absolute Gasteiger partial charge is 0.231 e. The Morgan fingerprint density at radius 3 is 1.87 bits per heavy atom. The van der Waals surface area contributed by atoms with Crippen molar-refractivity contribution in [1.29, 1.82) is 5.26 Å². The number of carbonyl (C=O) groups is 1. The molecule has 1 aliphatic heterocycles. The zero-order valence-electron chi connectivity index (χ0n) is 19.7. The molecule has 2 aliphatic carbocycles. The molecule has 3 aliphatic rings. The van der Waals surface area contributed by atoms with Crippen molar-refractivity contribution in [1.82, 2.24) is 20.4 Å². The van der Waals surface area contributed by atoms with Gasteiger partial charge in [-0.2, -0.15) is 5.26 Å². The Bertz CT molecular complexity index is 607. The first-order chi connectivity index (χ1) is 15.0. The maximum Gasteiger partial charge on any atom is 0.231 e. The van der Waals surface area contributed by atoms with E-state index in [2.05, 4.69) is 40.4 Å². The average Bonchev–Trinajstić information content (AvgIpc) is 2.74. The lowest BCUT2D eigenvalue weighted by molar-refractivity contribution is -0.120. The van der Waals surface area contributed by atoms with E-state index in [4.69, 9.17) is 5.73 Å². The van der Waals surface area contributed by atoms with Crippen LogP contribution in [0.15, 0.2) is 0 Å². The number of nitriles is 1. The van der Waals surface area contributed by atoms with Gasteiger partial charge in [-0.1, -0.05) is 25.7 Å². The zero-order chi connectivity index (χ0) is 22.2. The fraction of sp³-hybridized carbons (Fsp3) is 0.917. The lowest BCUT2D eigenvalue weighted by atomic mass is 9.87. The average molecular weight is 433 g/mol. The van der Waals surface area contributed by atoms with Gasteiger partial charge in [-0.25, -0.2) is 0 Å². The Hall–Kier alpha value is -1.20. The van der Waals surface area contributed by atoms with Crippen molar-refractivity contribution in [2.24, 2.45) is 5.73 Å². The van der Waals surface area contributed by atoms with Gasteiger partial charge in [0.1, 0.15) is 0 Å². The predicted molar refractivity (Wildman–Crippen MR) is 124 cm³/mol. The van der Waals surface area contributed by atoms with Gasteiger partial charge in [0.05, 0.1) is 19.2 Å². The molecule has 0 aromatic carbocycles. The third kappa shape index (κ3) is 7.15. The van der Waals surface area contributed by atoms with Crippen LogP contribution in [0.5, 0.6) is 0 Å². The number of hydrogen-bond acceptors (Lipinski definition) is 6. The summed E-state index contributed by atoms with van der Waals surface area (Å²) in [7, 11) is 0. The first-order valence-electron chi connectivity index (χ1n) is 12.6. The third-order valence-electron chi connectivity index (χ3n) is 7.73. The minimum absolute atomic E-state index is 0.224. The minimum Gasteiger partial charge on any atom is -0.369 e. The molecule has 6 atom stereocenters. The molecule has 0 aromatic heterocycles. The van der Waals surface area contributed by atoms with E-state index in [1.807, 2.05) is 0 Å². The number of nitrogens with one attached hydrogen (secondary N) is 2. The molecule has 1 amide bonds. The molecule has 7 nitrogen and oxygen atoms in total. The summed E-state index contributed by atoms with van der Waals surface area (Å²) in [5.74, 6) is -0.224. The molecule has 7 heteroatoms. The van der Waals surface area contributed by atoms with Gasteiger partial charge in [0.2, 0.25) is 5.91 Å². The Balaban J connectivity index is 1.79. The van der Waals surface area contributed by atoms with Crippen molar-refractivity contribution in [2.75, 3.05) is 26.2 Å². The number of rotatable bonds is 3. The molecule has 2 saturated carbocycles. The van der Waals surface area contributed by atoms with Crippen LogP contribution in [0, 0.1) is 11.3 Å². The Kier molecular flexibility index (Phi) is 9.58. The molecular weight excluding hydrogens is 388 g/mol. The van der Waals surface area contributed by atoms with Crippen molar-refractivity contribution in [3.63, 3.8) is 0 Å². The first-order valence-corrected chi connectivity index (χ1v) is 12.6. The molecule has 0 spiro atoms. The number of fused-ring (bicyclic) bond motifs is 2. The maximum absolute atomic E-state index is 11.9. The molecule has 3 fully saturated rings. The maximum atomic E-state index is 11.9. The van der Waals surface area contributed by atoms with E-state index in [9.17, 15) is 10.1 Å². The van der Waals surface area contributed by atoms with Crippen molar-refractivity contribution in [2.45, 2.75) is 114 Å². The zero-order valence-corrected chi connectivity index (χ0v) is 19.7. The molecule has 4 unspecified atom stereocenters. The second-order valence-electron chi connectivity index (χ2n) is 10.2. The highest BCUT2D eigenvalue weighted by Gasteiger charge is 2.34. The summed E-state index contributed by atoms with van der Waals surface area (Å²) in [4.78, 5) is 16.7. The fourth-order valence-electron chi connectivity index (χ4n) is 6.12. The summed E-state index contributed by atoms with van der Waals surface area (Å²) in [5, 5.41) is 17.3. The molecule has 0 radical (unpaired) electrons. The van der Waals surface area contributed by atoms with Crippen molar-refractivity contribution in [3.8, 4) is 6.07 Å². The molecular formula is C24H44N6O. The number of amides is 1. The molecule has 31 heavy (non-hydrogen) atoms. The lowest BCUT2D eigenvalue weighted by Crippen LogP contribution is -2.58. The standard InChI is InChI=1S/C24H44N6O/c1-18-11-14-29(16-13-25)22-9-5-3-7-20(22)27-19(2)12-15-30(17-24(26)31)23-10-6-4-8-21(23)28-18/h18-23,27-28H,3-12,14-17H2,1-2H3,(H2,26,31)/t18-,19+,20?,21?,22?,23?/m0/s1. The van der Waals surface area contributed by atoms with E-state index in [1.165, 1.54) is 38.5 Å². The van der Waals surface area contributed by atoms with Gasteiger partial charge in [0.25, 0.3) is 0 Å². The molecule has 4 N–H and O–H groups in total. The van der Waals surface area contributed by atoms with Crippen LogP contribution in [0.25, 0.3) is 0 Å². The molecule has 0 aromatic rings. The Labute approximate surface area is 189 Å². The highest BCUT2D eigenvalue weighted by molar-refractivity contribution is 5.76. The highest BCUT2D eigenvalue weighted by atomic mass is 16.1. The van der Waals surface area contributed by atoms with Crippen LogP contribution in [0.4, 0.5) is 0 Å². The van der Waals surface area contributed by atoms with Crippen LogP contribution in [0.2, 0.25) is 0 Å².